The van der Waals surface area contributed by atoms with Crippen molar-refractivity contribution in [3.8, 4) is 0 Å². The van der Waals surface area contributed by atoms with Gasteiger partial charge in [-0.2, -0.15) is 13.2 Å². The van der Waals surface area contributed by atoms with E-state index in [1.807, 2.05) is 0 Å². The Morgan fingerprint density at radius 3 is 2.56 bits per heavy atom. The molecule has 0 saturated carbocycles. The lowest BCUT2D eigenvalue weighted by Crippen LogP contribution is -2.36. The molecular weight excluding hydrogens is 493 g/mol. The molecule has 0 atom stereocenters. The van der Waals surface area contributed by atoms with Crippen LogP contribution in [0, 0.1) is 5.41 Å². The first kappa shape index (κ1) is 25.3. The summed E-state index contributed by atoms with van der Waals surface area (Å²) in [5, 5.41) is 10.3. The number of benzene rings is 2. The van der Waals surface area contributed by atoms with Gasteiger partial charge in [0.2, 0.25) is 5.91 Å². The van der Waals surface area contributed by atoms with Crippen molar-refractivity contribution in [3.63, 3.8) is 0 Å². The minimum absolute atomic E-state index is 0.0160. The molecular formula is C22H18ClF3N4O3S. The number of imide groups is 1. The third-order valence-electron chi connectivity index (χ3n) is 4.78. The van der Waals surface area contributed by atoms with Crippen molar-refractivity contribution in [2.75, 3.05) is 11.9 Å². The third kappa shape index (κ3) is 5.78. The highest BCUT2D eigenvalue weighted by atomic mass is 35.5. The highest BCUT2D eigenvalue weighted by Gasteiger charge is 2.36. The van der Waals surface area contributed by atoms with Crippen molar-refractivity contribution in [3.05, 3.63) is 68.6 Å². The van der Waals surface area contributed by atoms with Crippen LogP contribution in [-0.4, -0.2) is 34.2 Å². The fourth-order valence-corrected chi connectivity index (χ4v) is 4.23. The second-order valence-electron chi connectivity index (χ2n) is 7.32. The Morgan fingerprint density at radius 2 is 1.94 bits per heavy atom. The van der Waals surface area contributed by atoms with Crippen LogP contribution in [0.5, 0.6) is 0 Å². The van der Waals surface area contributed by atoms with E-state index in [9.17, 15) is 27.6 Å². The van der Waals surface area contributed by atoms with Crippen LogP contribution in [0.4, 0.5) is 23.7 Å². The molecule has 0 aliphatic carbocycles. The van der Waals surface area contributed by atoms with Crippen LogP contribution in [0.2, 0.25) is 5.02 Å². The minimum Gasteiger partial charge on any atom is -0.380 e. The van der Waals surface area contributed by atoms with E-state index >= 15 is 0 Å². The van der Waals surface area contributed by atoms with E-state index in [1.165, 1.54) is 25.1 Å². The number of hydrogen-bond acceptors (Lipinski definition) is 6. The van der Waals surface area contributed by atoms with E-state index in [2.05, 4.69) is 5.32 Å². The summed E-state index contributed by atoms with van der Waals surface area (Å²) in [6.07, 6.45) is -3.15. The molecule has 0 aromatic heterocycles. The molecule has 1 fully saturated rings. The van der Waals surface area contributed by atoms with Crippen molar-refractivity contribution in [2.45, 2.75) is 19.6 Å². The maximum Gasteiger partial charge on any atom is 0.416 e. The van der Waals surface area contributed by atoms with Gasteiger partial charge in [0.15, 0.2) is 0 Å². The van der Waals surface area contributed by atoms with Gasteiger partial charge in [-0.05, 0) is 60.2 Å². The summed E-state index contributed by atoms with van der Waals surface area (Å²) in [7, 11) is 0. The van der Waals surface area contributed by atoms with Gasteiger partial charge in [0.05, 0.1) is 10.5 Å². The molecule has 3 rings (SSSR count). The summed E-state index contributed by atoms with van der Waals surface area (Å²) < 4.78 is 40.1. The topological polar surface area (TPSA) is 116 Å². The quantitative estimate of drug-likeness (QED) is 0.362. The van der Waals surface area contributed by atoms with Crippen LogP contribution in [0.25, 0.3) is 6.08 Å². The van der Waals surface area contributed by atoms with Crippen LogP contribution in [-0.2, 0) is 22.3 Å². The first-order chi connectivity index (χ1) is 15.9. The molecule has 0 unspecified atom stereocenters. The van der Waals surface area contributed by atoms with Crippen LogP contribution in [0.1, 0.15) is 29.2 Å². The molecule has 0 bridgehead atoms. The van der Waals surface area contributed by atoms with Gasteiger partial charge in [-0.25, -0.2) is 0 Å². The molecule has 1 saturated heterocycles. The molecule has 7 nitrogen and oxygen atoms in total. The molecule has 178 valence electrons. The number of hydrogen-bond donors (Lipinski definition) is 3. The average Bonchev–Trinajstić information content (AvgIpc) is 2.99. The van der Waals surface area contributed by atoms with Gasteiger partial charge in [-0.1, -0.05) is 23.7 Å². The van der Waals surface area contributed by atoms with Crippen LogP contribution < -0.4 is 11.1 Å². The Bertz CT molecular complexity index is 1230. The van der Waals surface area contributed by atoms with Crippen molar-refractivity contribution in [2.24, 2.45) is 5.73 Å². The van der Waals surface area contributed by atoms with E-state index in [-0.39, 0.29) is 27.7 Å². The van der Waals surface area contributed by atoms with Gasteiger partial charge in [0, 0.05) is 28.5 Å². The molecule has 3 amide bonds. The lowest BCUT2D eigenvalue weighted by molar-refractivity contribution is -0.138. The van der Waals surface area contributed by atoms with Gasteiger partial charge >= 0.3 is 6.18 Å². The molecule has 1 aliphatic rings. The van der Waals surface area contributed by atoms with Crippen molar-refractivity contribution in [1.82, 2.24) is 4.90 Å². The predicted molar refractivity (Wildman–Crippen MR) is 125 cm³/mol. The van der Waals surface area contributed by atoms with Crippen molar-refractivity contribution >= 4 is 57.9 Å². The Hall–Kier alpha value is -3.31. The standard InChI is InChI=1S/C22H18ClF3N4O3S/c1-11(27)15-6-12(7-18-20(32)30(10-19(28)31)21(33)34-18)2-5-17(15)29-9-13-3-4-14(23)8-16(13)22(24,25)26/h2-8,27,29H,9-10H2,1H3,(H2,28,31)/b18-7-,27-11?. The fraction of sp³-hybridized carbons (Fsp3) is 0.182. The highest BCUT2D eigenvalue weighted by molar-refractivity contribution is 8.18. The number of primary amides is 1. The summed E-state index contributed by atoms with van der Waals surface area (Å²) in [4.78, 5) is 36.3. The monoisotopic (exact) mass is 510 g/mol. The Balaban J connectivity index is 1.86. The number of carbonyl (C=O) groups excluding carboxylic acids is 3. The molecule has 12 heteroatoms. The van der Waals surface area contributed by atoms with Gasteiger partial charge in [-0.15, -0.1) is 0 Å². The lowest BCUT2D eigenvalue weighted by Gasteiger charge is -2.16. The number of alkyl halides is 3. The number of thioether (sulfide) groups is 1. The van der Waals surface area contributed by atoms with Crippen LogP contribution >= 0.6 is 23.4 Å². The third-order valence-corrected chi connectivity index (χ3v) is 5.92. The molecule has 0 radical (unpaired) electrons. The van der Waals surface area contributed by atoms with E-state index in [0.29, 0.717) is 28.6 Å². The highest BCUT2D eigenvalue weighted by Crippen LogP contribution is 2.35. The van der Waals surface area contributed by atoms with Crippen LogP contribution in [0.3, 0.4) is 0 Å². The molecule has 0 spiro atoms. The zero-order chi connectivity index (χ0) is 25.2. The number of nitrogens with one attached hydrogen (secondary N) is 2. The van der Waals surface area contributed by atoms with E-state index in [1.54, 1.807) is 18.2 Å². The first-order valence-corrected chi connectivity index (χ1v) is 10.9. The number of anilines is 1. The smallest absolute Gasteiger partial charge is 0.380 e. The minimum atomic E-state index is -4.58. The number of nitrogens with zero attached hydrogens (tertiary/aromatic N) is 1. The fourth-order valence-electron chi connectivity index (χ4n) is 3.22. The molecule has 2 aromatic carbocycles. The average molecular weight is 511 g/mol. The summed E-state index contributed by atoms with van der Waals surface area (Å²) in [5.74, 6) is -1.48. The summed E-state index contributed by atoms with van der Waals surface area (Å²) in [5.41, 5.74) is 5.61. The maximum atomic E-state index is 13.4. The zero-order valence-corrected chi connectivity index (χ0v) is 19.2. The number of halogens is 4. The van der Waals surface area contributed by atoms with Crippen LogP contribution in [0.15, 0.2) is 41.3 Å². The van der Waals surface area contributed by atoms with E-state index < -0.39 is 35.3 Å². The number of rotatable bonds is 7. The predicted octanol–water partition coefficient (Wildman–Crippen LogP) is 4.88. The van der Waals surface area contributed by atoms with Crippen molar-refractivity contribution in [1.29, 1.82) is 5.41 Å². The molecule has 2 aromatic rings. The second-order valence-corrected chi connectivity index (χ2v) is 8.75. The molecule has 1 heterocycles. The summed E-state index contributed by atoms with van der Waals surface area (Å²) >= 11 is 6.37. The number of amides is 3. The molecule has 1 aliphatic heterocycles. The largest absolute Gasteiger partial charge is 0.416 e. The van der Waals surface area contributed by atoms with E-state index in [4.69, 9.17) is 22.7 Å². The first-order valence-electron chi connectivity index (χ1n) is 9.69. The molecule has 4 N–H and O–H groups in total. The van der Waals surface area contributed by atoms with Gasteiger partial charge < -0.3 is 16.5 Å². The molecule has 34 heavy (non-hydrogen) atoms. The van der Waals surface area contributed by atoms with Gasteiger partial charge in [0.25, 0.3) is 11.1 Å². The summed E-state index contributed by atoms with van der Waals surface area (Å²) in [6, 6.07) is 8.23. The van der Waals surface area contributed by atoms with Gasteiger partial charge in [-0.3, -0.25) is 19.3 Å². The number of carbonyl (C=O) groups is 3. The zero-order valence-electron chi connectivity index (χ0n) is 17.6. The maximum absolute atomic E-state index is 13.4. The van der Waals surface area contributed by atoms with Crippen molar-refractivity contribution < 1.29 is 27.6 Å². The van der Waals surface area contributed by atoms with E-state index in [0.717, 1.165) is 11.0 Å². The number of nitrogens with two attached hydrogens (primary N) is 1. The SMILES string of the molecule is CC(=N)c1cc(/C=C2\SC(=O)N(CC(N)=O)C2=O)ccc1NCc1ccc(Cl)cc1C(F)(F)F. The normalized spacial score (nSPS) is 15.2. The second kappa shape index (κ2) is 9.90. The Labute approximate surface area is 201 Å². The lowest BCUT2D eigenvalue weighted by atomic mass is 10.0. The Morgan fingerprint density at radius 1 is 1.24 bits per heavy atom. The Kier molecular flexibility index (Phi) is 7.37. The summed E-state index contributed by atoms with van der Waals surface area (Å²) in [6.45, 7) is 0.812. The van der Waals surface area contributed by atoms with Gasteiger partial charge in [0.1, 0.15) is 6.54 Å².